The summed E-state index contributed by atoms with van der Waals surface area (Å²) < 4.78 is 0. The van der Waals surface area contributed by atoms with Crippen molar-refractivity contribution < 1.29 is 19.6 Å². The van der Waals surface area contributed by atoms with Crippen LogP contribution in [0.5, 0.6) is 0 Å². The molecule has 3 rings (SSSR count). The second-order valence-corrected chi connectivity index (χ2v) is 8.13. The highest BCUT2D eigenvalue weighted by Gasteiger charge is 2.48. The highest BCUT2D eigenvalue weighted by Crippen LogP contribution is 2.39. The van der Waals surface area contributed by atoms with Crippen molar-refractivity contribution in [2.45, 2.75) is 69.9 Å². The molecule has 1 unspecified atom stereocenters. The Hall–Kier alpha value is -1.90. The molecule has 1 aromatic rings. The van der Waals surface area contributed by atoms with Gasteiger partial charge in [-0.25, -0.2) is 0 Å². The van der Waals surface area contributed by atoms with Gasteiger partial charge in [0.05, 0.1) is 6.17 Å². The molecular weight excluding hydrogens is 357 g/mol. The Morgan fingerprint density at radius 2 is 1.75 bits per heavy atom. The zero-order valence-corrected chi connectivity index (χ0v) is 16.2. The number of carbonyl (C=O) groups is 2. The van der Waals surface area contributed by atoms with Crippen LogP contribution in [0.2, 0.25) is 6.32 Å². The third-order valence-electron chi connectivity index (χ3n) is 6.01. The summed E-state index contributed by atoms with van der Waals surface area (Å²) in [4.78, 5) is 26.1. The van der Waals surface area contributed by atoms with Gasteiger partial charge in [0.2, 0.25) is 11.8 Å². The molecule has 0 saturated heterocycles. The molecule has 2 aliphatic rings. The van der Waals surface area contributed by atoms with E-state index in [1.165, 1.54) is 11.1 Å². The Morgan fingerprint density at radius 3 is 2.32 bits per heavy atom. The van der Waals surface area contributed by atoms with E-state index in [1.807, 2.05) is 12.1 Å². The van der Waals surface area contributed by atoms with E-state index < -0.39 is 18.7 Å². The number of carbonyl (C=O) groups excluding carboxylic acids is 2. The number of amides is 2. The molecule has 6 N–H and O–H groups in total. The van der Waals surface area contributed by atoms with Gasteiger partial charge in [-0.1, -0.05) is 43.5 Å². The largest absolute Gasteiger partial charge is 0.451 e. The lowest BCUT2D eigenvalue weighted by molar-refractivity contribution is -0.144. The first kappa shape index (κ1) is 20.8. The van der Waals surface area contributed by atoms with Gasteiger partial charge in [0, 0.05) is 6.04 Å². The number of nitrogens with two attached hydrogens (primary N) is 1. The maximum absolute atomic E-state index is 13.1. The van der Waals surface area contributed by atoms with Crippen molar-refractivity contribution >= 4 is 18.9 Å². The van der Waals surface area contributed by atoms with Crippen LogP contribution < -0.4 is 16.4 Å². The zero-order chi connectivity index (χ0) is 20.1. The smallest absolute Gasteiger partial charge is 0.427 e. The monoisotopic (exact) mass is 387 g/mol. The van der Waals surface area contributed by atoms with E-state index in [0.29, 0.717) is 25.7 Å². The molecule has 1 saturated carbocycles. The minimum Gasteiger partial charge on any atom is -0.427 e. The number of fused-ring (bicyclic) bond motifs is 1. The van der Waals surface area contributed by atoms with Crippen molar-refractivity contribution in [2.75, 3.05) is 0 Å². The van der Waals surface area contributed by atoms with Crippen LogP contribution in [0.25, 0.3) is 0 Å². The number of nitrogens with one attached hydrogen (secondary N) is 2. The van der Waals surface area contributed by atoms with Crippen molar-refractivity contribution in [1.82, 2.24) is 10.6 Å². The summed E-state index contributed by atoms with van der Waals surface area (Å²) in [5.74, 6) is -0.506. The maximum Gasteiger partial charge on any atom is 0.451 e. The van der Waals surface area contributed by atoms with E-state index in [0.717, 1.165) is 25.7 Å². The van der Waals surface area contributed by atoms with E-state index in [4.69, 9.17) is 15.8 Å². The Kier molecular flexibility index (Phi) is 6.75. The van der Waals surface area contributed by atoms with Crippen LogP contribution >= 0.6 is 0 Å². The highest BCUT2D eigenvalue weighted by atomic mass is 16.4. The predicted octanol–water partition coefficient (Wildman–Crippen LogP) is 0.484. The van der Waals surface area contributed by atoms with Gasteiger partial charge < -0.3 is 26.4 Å². The summed E-state index contributed by atoms with van der Waals surface area (Å²) in [7, 11) is -1.37. The Morgan fingerprint density at radius 1 is 1.14 bits per heavy atom. The van der Waals surface area contributed by atoms with Gasteiger partial charge >= 0.3 is 7.12 Å². The van der Waals surface area contributed by atoms with Crippen molar-refractivity contribution in [3.63, 3.8) is 0 Å². The van der Waals surface area contributed by atoms with Gasteiger partial charge in [-0.15, -0.1) is 0 Å². The fourth-order valence-electron chi connectivity index (χ4n) is 4.42. The number of benzene rings is 1. The molecule has 1 aromatic carbocycles. The topological polar surface area (TPSA) is 125 Å². The SMILES string of the molecule is NC(CCCB(O)O)NC(=O)C1(C(=O)NC2Cc3ccccc3C2)CCCC1. The van der Waals surface area contributed by atoms with E-state index in [9.17, 15) is 9.59 Å². The molecule has 0 heterocycles. The molecule has 28 heavy (non-hydrogen) atoms. The third kappa shape index (κ3) is 4.74. The van der Waals surface area contributed by atoms with Gasteiger partial charge in [-0.3, -0.25) is 9.59 Å². The fraction of sp³-hybridized carbons (Fsp3) is 0.600. The third-order valence-corrected chi connectivity index (χ3v) is 6.01. The van der Waals surface area contributed by atoms with Crippen LogP contribution in [-0.4, -0.2) is 41.2 Å². The van der Waals surface area contributed by atoms with Crippen molar-refractivity contribution in [3.8, 4) is 0 Å². The lowest BCUT2D eigenvalue weighted by atomic mass is 9.82. The van der Waals surface area contributed by atoms with Crippen LogP contribution in [0.4, 0.5) is 0 Å². The van der Waals surface area contributed by atoms with Crippen LogP contribution in [0.1, 0.15) is 49.7 Å². The minimum absolute atomic E-state index is 0.0230. The second kappa shape index (κ2) is 9.07. The maximum atomic E-state index is 13.1. The molecule has 1 fully saturated rings. The normalized spacial score (nSPS) is 19.1. The van der Waals surface area contributed by atoms with Crippen molar-refractivity contribution in [2.24, 2.45) is 11.1 Å². The summed E-state index contributed by atoms with van der Waals surface area (Å²) >= 11 is 0. The van der Waals surface area contributed by atoms with Crippen molar-refractivity contribution in [1.29, 1.82) is 0 Å². The average molecular weight is 387 g/mol. The summed E-state index contributed by atoms with van der Waals surface area (Å²) in [6.07, 6.45) is 4.86. The van der Waals surface area contributed by atoms with E-state index in [-0.39, 0.29) is 24.2 Å². The second-order valence-electron chi connectivity index (χ2n) is 8.13. The standard InChI is InChI=1S/C20H30BN3O4/c22-17(8-5-11-21(27)28)24-19(26)20(9-3-4-10-20)18(25)23-16-12-14-6-1-2-7-15(14)13-16/h1-2,6-7,16-17,27-28H,3-5,8-13,22H2,(H,23,25)(H,24,26). The Labute approximate surface area is 166 Å². The van der Waals surface area contributed by atoms with Gasteiger partial charge in [0.25, 0.3) is 0 Å². The van der Waals surface area contributed by atoms with Gasteiger partial charge in [0.1, 0.15) is 5.41 Å². The molecule has 2 amide bonds. The van der Waals surface area contributed by atoms with Crippen LogP contribution in [0.15, 0.2) is 24.3 Å². The molecule has 7 nitrogen and oxygen atoms in total. The van der Waals surface area contributed by atoms with Gasteiger partial charge in [-0.2, -0.15) is 0 Å². The van der Waals surface area contributed by atoms with E-state index >= 15 is 0 Å². The number of hydrogen-bond donors (Lipinski definition) is 5. The molecule has 0 spiro atoms. The molecule has 8 heteroatoms. The average Bonchev–Trinajstić information content (AvgIpc) is 3.28. The molecule has 0 aromatic heterocycles. The zero-order valence-electron chi connectivity index (χ0n) is 16.2. The first-order valence-electron chi connectivity index (χ1n) is 10.2. The summed E-state index contributed by atoms with van der Waals surface area (Å²) in [6, 6.07) is 8.21. The Balaban J connectivity index is 1.58. The fourth-order valence-corrected chi connectivity index (χ4v) is 4.42. The molecule has 0 aliphatic heterocycles. The van der Waals surface area contributed by atoms with Crippen LogP contribution in [0.3, 0.4) is 0 Å². The summed E-state index contributed by atoms with van der Waals surface area (Å²) in [5, 5.41) is 23.7. The number of rotatable bonds is 8. The summed E-state index contributed by atoms with van der Waals surface area (Å²) in [5.41, 5.74) is 7.44. The van der Waals surface area contributed by atoms with Gasteiger partial charge in [0.15, 0.2) is 0 Å². The molecule has 0 radical (unpaired) electrons. The lowest BCUT2D eigenvalue weighted by Gasteiger charge is -2.29. The quantitative estimate of drug-likeness (QED) is 0.252. The highest BCUT2D eigenvalue weighted by molar-refractivity contribution is 6.40. The van der Waals surface area contributed by atoms with Crippen molar-refractivity contribution in [3.05, 3.63) is 35.4 Å². The van der Waals surface area contributed by atoms with E-state index in [1.54, 1.807) is 0 Å². The van der Waals surface area contributed by atoms with Gasteiger partial charge in [-0.05, 0) is 49.6 Å². The first-order valence-corrected chi connectivity index (χ1v) is 10.2. The lowest BCUT2D eigenvalue weighted by Crippen LogP contribution is -2.55. The van der Waals surface area contributed by atoms with Crippen LogP contribution in [-0.2, 0) is 22.4 Å². The van der Waals surface area contributed by atoms with Crippen LogP contribution in [0, 0.1) is 5.41 Å². The molecule has 0 bridgehead atoms. The molecule has 152 valence electrons. The van der Waals surface area contributed by atoms with E-state index in [2.05, 4.69) is 22.8 Å². The summed E-state index contributed by atoms with van der Waals surface area (Å²) in [6.45, 7) is 0. The molecular formula is C20H30BN3O4. The molecule has 1 atom stereocenters. The Bertz CT molecular complexity index is 681. The number of hydrogen-bond acceptors (Lipinski definition) is 5. The predicted molar refractivity (Wildman–Crippen MR) is 107 cm³/mol. The minimum atomic E-state index is -1.37. The first-order chi connectivity index (χ1) is 13.4. The molecule has 2 aliphatic carbocycles.